The fourth-order valence-electron chi connectivity index (χ4n) is 1.28. The molecule has 0 saturated carbocycles. The van der Waals surface area contributed by atoms with Crippen LogP contribution in [0.4, 0.5) is 13.2 Å². The molecule has 1 heterocycles. The quantitative estimate of drug-likeness (QED) is 0.707. The number of ether oxygens (including phenoxy) is 2. The zero-order chi connectivity index (χ0) is 14.3. The fourth-order valence-corrected chi connectivity index (χ4v) is 1.28. The summed E-state index contributed by atoms with van der Waals surface area (Å²) in [5.74, 6) is 0.632. The van der Waals surface area contributed by atoms with Crippen molar-refractivity contribution in [2.75, 3.05) is 26.9 Å². The topological polar surface area (TPSA) is 83.4 Å². The Morgan fingerprint density at radius 2 is 2.16 bits per heavy atom. The van der Waals surface area contributed by atoms with Crippen LogP contribution in [-0.4, -0.2) is 49.3 Å². The average Bonchev–Trinajstić information content (AvgIpc) is 2.78. The summed E-state index contributed by atoms with van der Waals surface area (Å²) in [5.41, 5.74) is 5.44. The van der Waals surface area contributed by atoms with E-state index in [1.165, 1.54) is 7.11 Å². The highest BCUT2D eigenvalue weighted by atomic mass is 19.4. The second-order valence-corrected chi connectivity index (χ2v) is 3.82. The molecular formula is C10H16F3N3O3. The van der Waals surface area contributed by atoms with E-state index in [0.717, 1.165) is 0 Å². The van der Waals surface area contributed by atoms with E-state index in [1.807, 2.05) is 0 Å². The van der Waals surface area contributed by atoms with Gasteiger partial charge in [-0.15, -0.1) is 0 Å². The van der Waals surface area contributed by atoms with E-state index in [9.17, 15) is 13.2 Å². The van der Waals surface area contributed by atoms with E-state index in [0.29, 0.717) is 24.7 Å². The monoisotopic (exact) mass is 283 g/mol. The minimum atomic E-state index is -4.32. The van der Waals surface area contributed by atoms with Crippen molar-refractivity contribution in [3.63, 3.8) is 0 Å². The molecule has 0 aliphatic heterocycles. The number of nitrogens with zero attached hydrogens (tertiary/aromatic N) is 2. The van der Waals surface area contributed by atoms with Crippen molar-refractivity contribution in [3.8, 4) is 0 Å². The molecule has 9 heteroatoms. The van der Waals surface area contributed by atoms with Gasteiger partial charge in [-0.1, -0.05) is 5.16 Å². The lowest BCUT2D eigenvalue weighted by molar-refractivity contribution is -0.173. The van der Waals surface area contributed by atoms with Crippen LogP contribution >= 0.6 is 0 Å². The third-order valence-corrected chi connectivity index (χ3v) is 2.24. The van der Waals surface area contributed by atoms with Crippen molar-refractivity contribution in [3.05, 3.63) is 11.7 Å². The highest BCUT2D eigenvalue weighted by molar-refractivity contribution is 4.88. The van der Waals surface area contributed by atoms with Gasteiger partial charge in [-0.25, -0.2) is 0 Å². The first-order valence-electron chi connectivity index (χ1n) is 5.63. The zero-order valence-corrected chi connectivity index (χ0v) is 10.4. The Morgan fingerprint density at radius 3 is 2.74 bits per heavy atom. The first kappa shape index (κ1) is 15.9. The molecular weight excluding hydrogens is 267 g/mol. The summed E-state index contributed by atoms with van der Waals surface area (Å²) in [5, 5.41) is 3.63. The smallest absolute Gasteiger partial charge is 0.380 e. The van der Waals surface area contributed by atoms with Gasteiger partial charge in [0, 0.05) is 20.1 Å². The van der Waals surface area contributed by atoms with Crippen LogP contribution in [0, 0.1) is 0 Å². The molecule has 110 valence electrons. The van der Waals surface area contributed by atoms with E-state index < -0.39 is 12.8 Å². The van der Waals surface area contributed by atoms with Gasteiger partial charge in [-0.05, 0) is 0 Å². The molecule has 1 aromatic rings. The standard InChI is InChI=1S/C10H16F3N3O3/c1-17-7(5-14)4-9-15-8(16-19-9)2-3-18-6-10(11,12)13/h7H,2-6,14H2,1H3. The van der Waals surface area contributed by atoms with Crippen LogP contribution < -0.4 is 5.73 Å². The van der Waals surface area contributed by atoms with Gasteiger partial charge in [0.2, 0.25) is 5.89 Å². The maximum atomic E-state index is 11.8. The van der Waals surface area contributed by atoms with Gasteiger partial charge in [0.1, 0.15) is 6.61 Å². The van der Waals surface area contributed by atoms with Crippen LogP contribution in [-0.2, 0) is 22.3 Å². The first-order valence-corrected chi connectivity index (χ1v) is 5.63. The number of alkyl halides is 3. The Balaban J connectivity index is 2.30. The SMILES string of the molecule is COC(CN)Cc1nc(CCOCC(F)(F)F)no1. The molecule has 0 spiro atoms. The summed E-state index contributed by atoms with van der Waals surface area (Å²) in [4.78, 5) is 4.01. The highest BCUT2D eigenvalue weighted by Gasteiger charge is 2.27. The van der Waals surface area contributed by atoms with E-state index in [1.54, 1.807) is 0 Å². The summed E-state index contributed by atoms with van der Waals surface area (Å²) >= 11 is 0. The molecule has 0 bridgehead atoms. The van der Waals surface area contributed by atoms with Crippen LogP contribution in [0.3, 0.4) is 0 Å². The summed E-state index contributed by atoms with van der Waals surface area (Å²) in [6.45, 7) is -1.09. The lowest BCUT2D eigenvalue weighted by atomic mass is 10.2. The second-order valence-electron chi connectivity index (χ2n) is 3.82. The van der Waals surface area contributed by atoms with Gasteiger partial charge in [-0.2, -0.15) is 18.2 Å². The highest BCUT2D eigenvalue weighted by Crippen LogP contribution is 2.14. The maximum Gasteiger partial charge on any atom is 0.411 e. The summed E-state index contributed by atoms with van der Waals surface area (Å²) in [6, 6.07) is 0. The minimum absolute atomic E-state index is 0.122. The Bertz CT molecular complexity index is 366. The molecule has 0 fully saturated rings. The summed E-state index contributed by atoms with van der Waals surface area (Å²) < 4.78 is 49.8. The molecule has 1 atom stereocenters. The molecule has 0 amide bonds. The predicted octanol–water partition coefficient (Wildman–Crippen LogP) is 0.707. The van der Waals surface area contributed by atoms with Gasteiger partial charge >= 0.3 is 6.18 Å². The number of aromatic nitrogens is 2. The number of halogens is 3. The van der Waals surface area contributed by atoms with E-state index in [2.05, 4.69) is 14.9 Å². The third kappa shape index (κ3) is 6.50. The Morgan fingerprint density at radius 1 is 1.42 bits per heavy atom. The molecule has 0 radical (unpaired) electrons. The van der Waals surface area contributed by atoms with Gasteiger partial charge in [0.15, 0.2) is 5.82 Å². The number of methoxy groups -OCH3 is 1. The molecule has 1 unspecified atom stereocenters. The van der Waals surface area contributed by atoms with Gasteiger partial charge in [0.25, 0.3) is 0 Å². The molecule has 6 nitrogen and oxygen atoms in total. The summed E-state index contributed by atoms with van der Waals surface area (Å²) in [7, 11) is 1.51. The largest absolute Gasteiger partial charge is 0.411 e. The van der Waals surface area contributed by atoms with Crippen LogP contribution in [0.1, 0.15) is 11.7 Å². The van der Waals surface area contributed by atoms with Crippen molar-refractivity contribution < 1.29 is 27.2 Å². The van der Waals surface area contributed by atoms with Gasteiger partial charge < -0.3 is 19.7 Å². The fraction of sp³-hybridized carbons (Fsp3) is 0.800. The lowest BCUT2D eigenvalue weighted by Crippen LogP contribution is -2.24. The Labute approximate surface area is 108 Å². The van der Waals surface area contributed by atoms with Gasteiger partial charge in [0.05, 0.1) is 19.1 Å². The molecule has 0 saturated heterocycles. The zero-order valence-electron chi connectivity index (χ0n) is 10.4. The number of hydrogen-bond donors (Lipinski definition) is 1. The van der Waals surface area contributed by atoms with Crippen LogP contribution in [0.15, 0.2) is 4.52 Å². The van der Waals surface area contributed by atoms with Crippen molar-refractivity contribution in [2.45, 2.75) is 25.1 Å². The van der Waals surface area contributed by atoms with Crippen LogP contribution in [0.5, 0.6) is 0 Å². The molecule has 1 rings (SSSR count). The molecule has 1 aromatic heterocycles. The molecule has 0 aliphatic rings. The van der Waals surface area contributed by atoms with Crippen molar-refractivity contribution in [1.82, 2.24) is 10.1 Å². The molecule has 0 aromatic carbocycles. The third-order valence-electron chi connectivity index (χ3n) is 2.24. The molecule has 19 heavy (non-hydrogen) atoms. The molecule has 2 N–H and O–H groups in total. The van der Waals surface area contributed by atoms with E-state index in [4.69, 9.17) is 15.0 Å². The van der Waals surface area contributed by atoms with E-state index >= 15 is 0 Å². The van der Waals surface area contributed by atoms with E-state index in [-0.39, 0.29) is 19.1 Å². The second kappa shape index (κ2) is 7.41. The normalized spacial score (nSPS) is 13.7. The number of nitrogens with two attached hydrogens (primary N) is 1. The average molecular weight is 283 g/mol. The lowest BCUT2D eigenvalue weighted by Gasteiger charge is -2.08. The van der Waals surface area contributed by atoms with Crippen molar-refractivity contribution >= 4 is 0 Å². The maximum absolute atomic E-state index is 11.8. The first-order chi connectivity index (χ1) is 8.94. The summed E-state index contributed by atoms with van der Waals surface area (Å²) in [6.07, 6.45) is -4.03. The Hall–Kier alpha value is -1.19. The number of hydrogen-bond acceptors (Lipinski definition) is 6. The van der Waals surface area contributed by atoms with Crippen molar-refractivity contribution in [1.29, 1.82) is 0 Å². The van der Waals surface area contributed by atoms with Gasteiger partial charge in [-0.3, -0.25) is 0 Å². The predicted molar refractivity (Wildman–Crippen MR) is 58.4 cm³/mol. The van der Waals surface area contributed by atoms with Crippen LogP contribution in [0.25, 0.3) is 0 Å². The van der Waals surface area contributed by atoms with Crippen LogP contribution in [0.2, 0.25) is 0 Å². The van der Waals surface area contributed by atoms with Crippen molar-refractivity contribution in [2.24, 2.45) is 5.73 Å². The molecule has 0 aliphatic carbocycles. The Kier molecular flexibility index (Phi) is 6.19. The minimum Gasteiger partial charge on any atom is -0.380 e. The number of rotatable bonds is 8.